The number of sulfonamides is 1. The van der Waals surface area contributed by atoms with Crippen LogP contribution >= 0.6 is 22.7 Å². The van der Waals surface area contributed by atoms with Crippen LogP contribution in [0.3, 0.4) is 0 Å². The lowest BCUT2D eigenvalue weighted by atomic mass is 10.4. The SMILES string of the molecule is CCN(CC)c1nc2sc(C(=O)NCCS(=O)(=O)N3CCOCC3)cc2s1. The second kappa shape index (κ2) is 8.82. The number of nitrogens with zero attached hydrogens (tertiary/aromatic N) is 3. The van der Waals surface area contributed by atoms with Crippen LogP contribution in [0.4, 0.5) is 5.13 Å². The molecule has 1 aliphatic rings. The number of rotatable bonds is 8. The van der Waals surface area contributed by atoms with Crippen molar-refractivity contribution >= 4 is 53.3 Å². The molecule has 0 aromatic carbocycles. The van der Waals surface area contributed by atoms with E-state index in [-0.39, 0.29) is 18.2 Å². The van der Waals surface area contributed by atoms with Gasteiger partial charge in [0, 0.05) is 32.7 Å². The maximum absolute atomic E-state index is 12.3. The van der Waals surface area contributed by atoms with Crippen molar-refractivity contribution in [1.29, 1.82) is 0 Å². The Hall–Kier alpha value is -1.27. The van der Waals surface area contributed by atoms with E-state index in [2.05, 4.69) is 29.0 Å². The minimum Gasteiger partial charge on any atom is -0.379 e. The molecule has 1 saturated heterocycles. The minimum atomic E-state index is -3.37. The summed E-state index contributed by atoms with van der Waals surface area (Å²) in [5.74, 6) is -0.366. The molecular weight excluding hydrogens is 408 g/mol. The summed E-state index contributed by atoms with van der Waals surface area (Å²) in [5, 5.41) is 3.67. The number of carbonyl (C=O) groups is 1. The predicted molar refractivity (Wildman–Crippen MR) is 110 cm³/mol. The third kappa shape index (κ3) is 4.77. The van der Waals surface area contributed by atoms with Crippen molar-refractivity contribution in [3.8, 4) is 0 Å². The number of anilines is 1. The van der Waals surface area contributed by atoms with Crippen molar-refractivity contribution in [2.45, 2.75) is 13.8 Å². The summed E-state index contributed by atoms with van der Waals surface area (Å²) in [7, 11) is -3.37. The smallest absolute Gasteiger partial charge is 0.261 e. The van der Waals surface area contributed by atoms with Crippen LogP contribution in [0.25, 0.3) is 9.53 Å². The Kier molecular flexibility index (Phi) is 6.69. The molecule has 0 bridgehead atoms. The number of morpholine rings is 1. The van der Waals surface area contributed by atoms with Gasteiger partial charge in [-0.15, -0.1) is 11.3 Å². The molecule has 0 atom stereocenters. The van der Waals surface area contributed by atoms with E-state index in [0.29, 0.717) is 31.2 Å². The fourth-order valence-electron chi connectivity index (χ4n) is 2.80. The Morgan fingerprint density at radius 1 is 1.30 bits per heavy atom. The summed E-state index contributed by atoms with van der Waals surface area (Å²) < 4.78 is 32.1. The van der Waals surface area contributed by atoms with Gasteiger partial charge in [0.2, 0.25) is 10.0 Å². The number of thiophene rings is 1. The Morgan fingerprint density at radius 3 is 2.63 bits per heavy atom. The van der Waals surface area contributed by atoms with E-state index in [9.17, 15) is 13.2 Å². The average Bonchev–Trinajstić information content (AvgIpc) is 3.22. The number of hydrogen-bond acceptors (Lipinski definition) is 8. The highest BCUT2D eigenvalue weighted by molar-refractivity contribution is 7.89. The fourth-order valence-corrected chi connectivity index (χ4v) is 6.38. The number of fused-ring (bicyclic) bond motifs is 1. The van der Waals surface area contributed by atoms with Crippen LogP contribution in [0, 0.1) is 0 Å². The molecule has 0 spiro atoms. The van der Waals surface area contributed by atoms with Crippen LogP contribution in [0.2, 0.25) is 0 Å². The fraction of sp³-hybridized carbons (Fsp3) is 0.625. The van der Waals surface area contributed by atoms with Crippen LogP contribution in [-0.4, -0.2) is 75.3 Å². The zero-order valence-electron chi connectivity index (χ0n) is 15.4. The van der Waals surface area contributed by atoms with Gasteiger partial charge in [-0.1, -0.05) is 11.3 Å². The topological polar surface area (TPSA) is 91.8 Å². The monoisotopic (exact) mass is 432 g/mol. The van der Waals surface area contributed by atoms with Gasteiger partial charge in [-0.3, -0.25) is 4.79 Å². The molecule has 8 nitrogen and oxygen atoms in total. The first-order valence-corrected chi connectivity index (χ1v) is 12.2. The van der Waals surface area contributed by atoms with E-state index in [1.54, 1.807) is 11.3 Å². The summed E-state index contributed by atoms with van der Waals surface area (Å²) in [6, 6.07) is 1.83. The molecule has 1 amide bonds. The number of carbonyl (C=O) groups excluding carboxylic acids is 1. The Bertz CT molecular complexity index is 851. The number of aromatic nitrogens is 1. The first kappa shape index (κ1) is 20.5. The first-order chi connectivity index (χ1) is 12.9. The second-order valence-corrected chi connectivity index (χ2v) is 10.2. The number of hydrogen-bond donors (Lipinski definition) is 1. The van der Waals surface area contributed by atoms with E-state index < -0.39 is 10.0 Å². The van der Waals surface area contributed by atoms with Gasteiger partial charge >= 0.3 is 0 Å². The molecule has 11 heteroatoms. The Balaban J connectivity index is 1.57. The van der Waals surface area contributed by atoms with Gasteiger partial charge in [-0.25, -0.2) is 13.4 Å². The second-order valence-electron chi connectivity index (χ2n) is 6.03. The molecule has 0 unspecified atom stereocenters. The van der Waals surface area contributed by atoms with Crippen molar-refractivity contribution in [3.05, 3.63) is 10.9 Å². The number of ether oxygens (including phenoxy) is 1. The van der Waals surface area contributed by atoms with Crippen molar-refractivity contribution in [2.24, 2.45) is 0 Å². The van der Waals surface area contributed by atoms with E-state index >= 15 is 0 Å². The molecule has 1 N–H and O–H groups in total. The van der Waals surface area contributed by atoms with E-state index in [1.165, 1.54) is 15.6 Å². The highest BCUT2D eigenvalue weighted by Crippen LogP contribution is 2.34. The largest absolute Gasteiger partial charge is 0.379 e. The molecule has 3 heterocycles. The van der Waals surface area contributed by atoms with Crippen molar-refractivity contribution in [1.82, 2.24) is 14.6 Å². The van der Waals surface area contributed by atoms with Crippen LogP contribution < -0.4 is 10.2 Å². The lowest BCUT2D eigenvalue weighted by molar-refractivity contribution is 0.0730. The number of thiazole rings is 1. The molecule has 1 fully saturated rings. The van der Waals surface area contributed by atoms with Gasteiger partial charge in [0.25, 0.3) is 5.91 Å². The average molecular weight is 433 g/mol. The highest BCUT2D eigenvalue weighted by atomic mass is 32.2. The van der Waals surface area contributed by atoms with E-state index in [0.717, 1.165) is 27.8 Å². The quantitative estimate of drug-likeness (QED) is 0.681. The van der Waals surface area contributed by atoms with Crippen molar-refractivity contribution in [3.63, 3.8) is 0 Å². The lowest BCUT2D eigenvalue weighted by Gasteiger charge is -2.25. The Morgan fingerprint density at radius 2 is 2.00 bits per heavy atom. The standard InChI is InChI=1S/C16H24N4O4S3/c1-3-19(4-2)16-18-15-13(26-16)11-12(25-15)14(21)17-5-10-27(22,23)20-6-8-24-9-7-20/h11H,3-10H2,1-2H3,(H,17,21). The van der Waals surface area contributed by atoms with Gasteiger partial charge in [-0.2, -0.15) is 4.31 Å². The Labute approximate surface area is 167 Å². The van der Waals surface area contributed by atoms with E-state index in [1.807, 2.05) is 6.07 Å². The summed E-state index contributed by atoms with van der Waals surface area (Å²) in [6.45, 7) is 7.62. The van der Waals surface area contributed by atoms with Crippen LogP contribution in [0.5, 0.6) is 0 Å². The summed E-state index contributed by atoms with van der Waals surface area (Å²) in [6.07, 6.45) is 0. The molecule has 27 heavy (non-hydrogen) atoms. The third-order valence-corrected chi connectivity index (χ3v) is 8.44. The lowest BCUT2D eigenvalue weighted by Crippen LogP contribution is -2.43. The molecule has 0 radical (unpaired) electrons. The van der Waals surface area contributed by atoms with E-state index in [4.69, 9.17) is 4.74 Å². The van der Waals surface area contributed by atoms with Crippen molar-refractivity contribution < 1.29 is 17.9 Å². The zero-order valence-corrected chi connectivity index (χ0v) is 17.9. The van der Waals surface area contributed by atoms with Gasteiger partial charge < -0.3 is 15.0 Å². The predicted octanol–water partition coefficient (Wildman–Crippen LogP) is 1.60. The number of amides is 1. The summed E-state index contributed by atoms with van der Waals surface area (Å²) >= 11 is 2.91. The van der Waals surface area contributed by atoms with Gasteiger partial charge in [0.05, 0.1) is 28.5 Å². The van der Waals surface area contributed by atoms with Crippen LogP contribution in [-0.2, 0) is 14.8 Å². The molecule has 3 rings (SSSR count). The molecule has 1 aliphatic heterocycles. The van der Waals surface area contributed by atoms with Crippen molar-refractivity contribution in [2.75, 3.05) is 56.6 Å². The molecule has 2 aromatic heterocycles. The molecule has 0 saturated carbocycles. The number of nitrogens with one attached hydrogen (secondary N) is 1. The zero-order chi connectivity index (χ0) is 19.4. The first-order valence-electron chi connectivity index (χ1n) is 8.93. The normalized spacial score (nSPS) is 15.9. The minimum absolute atomic E-state index is 0.0855. The van der Waals surface area contributed by atoms with Gasteiger partial charge in [0.1, 0.15) is 4.83 Å². The maximum atomic E-state index is 12.3. The molecule has 0 aliphatic carbocycles. The maximum Gasteiger partial charge on any atom is 0.261 e. The van der Waals surface area contributed by atoms with Gasteiger partial charge in [0.15, 0.2) is 5.13 Å². The summed E-state index contributed by atoms with van der Waals surface area (Å²) in [5.41, 5.74) is 0. The highest BCUT2D eigenvalue weighted by Gasteiger charge is 2.24. The molecule has 150 valence electrons. The van der Waals surface area contributed by atoms with Crippen LogP contribution in [0.1, 0.15) is 23.5 Å². The van der Waals surface area contributed by atoms with Crippen LogP contribution in [0.15, 0.2) is 6.07 Å². The third-order valence-electron chi connectivity index (χ3n) is 4.34. The van der Waals surface area contributed by atoms with Gasteiger partial charge in [-0.05, 0) is 19.9 Å². The summed E-state index contributed by atoms with van der Waals surface area (Å²) in [4.78, 5) is 20.5. The molecule has 2 aromatic rings. The molecular formula is C16H24N4O4S3.